The van der Waals surface area contributed by atoms with Gasteiger partial charge in [-0.3, -0.25) is 0 Å². The van der Waals surface area contributed by atoms with Gasteiger partial charge >= 0.3 is 6.18 Å². The summed E-state index contributed by atoms with van der Waals surface area (Å²) >= 11 is 0. The van der Waals surface area contributed by atoms with Crippen LogP contribution in [-0.2, 0) is 6.18 Å². The van der Waals surface area contributed by atoms with Crippen molar-refractivity contribution in [3.8, 4) is 0 Å². The monoisotopic (exact) mass is 270 g/mol. The number of fused-ring (bicyclic) bond motifs is 1. The van der Waals surface area contributed by atoms with Crippen molar-refractivity contribution in [1.29, 1.82) is 0 Å². The number of nitrogens with zero attached hydrogens (tertiary/aromatic N) is 1. The summed E-state index contributed by atoms with van der Waals surface area (Å²) in [6.07, 6.45) is -0.766. The molecule has 1 N–H and O–H groups in total. The van der Waals surface area contributed by atoms with Crippen molar-refractivity contribution in [2.24, 2.45) is 0 Å². The highest BCUT2D eigenvalue weighted by Crippen LogP contribution is 2.33. The van der Waals surface area contributed by atoms with E-state index >= 15 is 0 Å². The van der Waals surface area contributed by atoms with Gasteiger partial charge in [-0.2, -0.15) is 13.2 Å². The van der Waals surface area contributed by atoms with Crippen LogP contribution in [0.15, 0.2) is 24.3 Å². The fourth-order valence-electron chi connectivity index (χ4n) is 3.25. The Balaban J connectivity index is 1.82. The van der Waals surface area contributed by atoms with Crippen LogP contribution in [0.5, 0.6) is 0 Å². The van der Waals surface area contributed by atoms with E-state index < -0.39 is 11.7 Å². The van der Waals surface area contributed by atoms with Crippen LogP contribution in [0.25, 0.3) is 0 Å². The van der Waals surface area contributed by atoms with Gasteiger partial charge in [-0.05, 0) is 43.5 Å². The molecule has 0 bridgehead atoms. The van der Waals surface area contributed by atoms with E-state index in [1.165, 1.54) is 25.0 Å². The molecule has 104 valence electrons. The molecule has 2 aliphatic rings. The molecule has 1 aromatic carbocycles. The molecule has 0 aromatic heterocycles. The fourth-order valence-corrected chi connectivity index (χ4v) is 3.25. The minimum atomic E-state index is -4.25. The highest BCUT2D eigenvalue weighted by molar-refractivity contribution is 5.50. The molecule has 0 spiro atoms. The maximum Gasteiger partial charge on any atom is 0.416 e. The number of halogens is 3. The molecule has 0 radical (unpaired) electrons. The maximum absolute atomic E-state index is 12.6. The molecule has 2 atom stereocenters. The van der Waals surface area contributed by atoms with E-state index in [2.05, 4.69) is 10.2 Å². The van der Waals surface area contributed by atoms with Crippen molar-refractivity contribution in [1.82, 2.24) is 5.32 Å². The van der Waals surface area contributed by atoms with Gasteiger partial charge in [-0.1, -0.05) is 0 Å². The second kappa shape index (κ2) is 4.71. The van der Waals surface area contributed by atoms with Crippen LogP contribution in [0.2, 0.25) is 0 Å². The SMILES string of the molecule is FC(F)(F)c1ccc(N2CCNC3CCCC32)cc1. The Hall–Kier alpha value is -1.23. The second-order valence-corrected chi connectivity index (χ2v) is 5.30. The summed E-state index contributed by atoms with van der Waals surface area (Å²) in [5, 5.41) is 3.49. The Bertz CT molecular complexity index is 441. The first-order chi connectivity index (χ1) is 9.05. The third kappa shape index (κ3) is 2.43. The Morgan fingerprint density at radius 3 is 2.53 bits per heavy atom. The first-order valence-electron chi connectivity index (χ1n) is 6.73. The summed E-state index contributed by atoms with van der Waals surface area (Å²) < 4.78 is 37.7. The largest absolute Gasteiger partial charge is 0.416 e. The lowest BCUT2D eigenvalue weighted by atomic mass is 10.1. The lowest BCUT2D eigenvalue weighted by molar-refractivity contribution is -0.137. The van der Waals surface area contributed by atoms with Crippen LogP contribution >= 0.6 is 0 Å². The van der Waals surface area contributed by atoms with Crippen LogP contribution < -0.4 is 10.2 Å². The first-order valence-corrected chi connectivity index (χ1v) is 6.73. The molecule has 0 amide bonds. The number of alkyl halides is 3. The van der Waals surface area contributed by atoms with Crippen LogP contribution in [0.3, 0.4) is 0 Å². The van der Waals surface area contributed by atoms with Crippen molar-refractivity contribution in [2.75, 3.05) is 18.0 Å². The molecule has 3 rings (SSSR count). The molecule has 2 unspecified atom stereocenters. The third-order valence-electron chi connectivity index (χ3n) is 4.17. The number of benzene rings is 1. The molecular weight excluding hydrogens is 253 g/mol. The molecular formula is C14H17F3N2. The Morgan fingerprint density at radius 2 is 1.84 bits per heavy atom. The number of nitrogens with one attached hydrogen (secondary N) is 1. The molecule has 19 heavy (non-hydrogen) atoms. The van der Waals surface area contributed by atoms with Gasteiger partial charge in [0.2, 0.25) is 0 Å². The number of rotatable bonds is 1. The summed E-state index contributed by atoms with van der Waals surface area (Å²) in [6.45, 7) is 1.77. The topological polar surface area (TPSA) is 15.3 Å². The molecule has 1 saturated heterocycles. The zero-order valence-electron chi connectivity index (χ0n) is 10.6. The lowest BCUT2D eigenvalue weighted by Crippen LogP contribution is -2.55. The standard InChI is InChI=1S/C14H17F3N2/c15-14(16,17)10-4-6-11(7-5-10)19-9-8-18-12-2-1-3-13(12)19/h4-7,12-13,18H,1-3,8-9H2. The average Bonchev–Trinajstić information content (AvgIpc) is 2.86. The second-order valence-electron chi connectivity index (χ2n) is 5.30. The van der Waals surface area contributed by atoms with Crippen molar-refractivity contribution in [3.05, 3.63) is 29.8 Å². The van der Waals surface area contributed by atoms with E-state index in [1.807, 2.05) is 0 Å². The normalized spacial score (nSPS) is 27.4. The molecule has 1 aliphatic carbocycles. The highest BCUT2D eigenvalue weighted by Gasteiger charge is 2.35. The number of hydrogen-bond acceptors (Lipinski definition) is 2. The van der Waals surface area contributed by atoms with E-state index in [4.69, 9.17) is 0 Å². The smallest absolute Gasteiger partial charge is 0.366 e. The van der Waals surface area contributed by atoms with Crippen molar-refractivity contribution in [3.63, 3.8) is 0 Å². The molecule has 2 fully saturated rings. The zero-order chi connectivity index (χ0) is 13.5. The predicted molar refractivity (Wildman–Crippen MR) is 68.2 cm³/mol. The predicted octanol–water partition coefficient (Wildman–Crippen LogP) is 3.04. The summed E-state index contributed by atoms with van der Waals surface area (Å²) in [5.74, 6) is 0. The van der Waals surface area contributed by atoms with Crippen LogP contribution in [0.4, 0.5) is 18.9 Å². The van der Waals surface area contributed by atoms with Gasteiger partial charge < -0.3 is 10.2 Å². The van der Waals surface area contributed by atoms with Crippen molar-refractivity contribution in [2.45, 2.75) is 37.5 Å². The van der Waals surface area contributed by atoms with Gasteiger partial charge in [0.05, 0.1) is 5.56 Å². The summed E-state index contributed by atoms with van der Waals surface area (Å²) in [6, 6.07) is 6.50. The fraction of sp³-hybridized carbons (Fsp3) is 0.571. The number of piperazine rings is 1. The summed E-state index contributed by atoms with van der Waals surface area (Å²) in [4.78, 5) is 2.26. The number of hydrogen-bond donors (Lipinski definition) is 1. The van der Waals surface area contributed by atoms with Crippen LogP contribution in [-0.4, -0.2) is 25.2 Å². The van der Waals surface area contributed by atoms with Crippen LogP contribution in [0, 0.1) is 0 Å². The van der Waals surface area contributed by atoms with Gasteiger partial charge in [-0.15, -0.1) is 0 Å². The molecule has 2 nitrogen and oxygen atoms in total. The molecule has 5 heteroatoms. The Morgan fingerprint density at radius 1 is 1.11 bits per heavy atom. The van der Waals surface area contributed by atoms with Gasteiger partial charge in [0, 0.05) is 30.9 Å². The van der Waals surface area contributed by atoms with E-state index in [0.717, 1.165) is 25.2 Å². The Kier molecular flexibility index (Phi) is 3.17. The van der Waals surface area contributed by atoms with E-state index in [-0.39, 0.29) is 0 Å². The lowest BCUT2D eigenvalue weighted by Gasteiger charge is -2.40. The molecule has 1 aliphatic heterocycles. The van der Waals surface area contributed by atoms with Gasteiger partial charge in [0.15, 0.2) is 0 Å². The zero-order valence-corrected chi connectivity index (χ0v) is 10.6. The van der Waals surface area contributed by atoms with E-state index in [9.17, 15) is 13.2 Å². The quantitative estimate of drug-likeness (QED) is 0.844. The maximum atomic E-state index is 12.6. The molecule has 1 aromatic rings. The van der Waals surface area contributed by atoms with E-state index in [0.29, 0.717) is 12.1 Å². The van der Waals surface area contributed by atoms with Gasteiger partial charge in [0.1, 0.15) is 0 Å². The van der Waals surface area contributed by atoms with Gasteiger partial charge in [0.25, 0.3) is 0 Å². The average molecular weight is 270 g/mol. The highest BCUT2D eigenvalue weighted by atomic mass is 19.4. The third-order valence-corrected chi connectivity index (χ3v) is 4.17. The summed E-state index contributed by atoms with van der Waals surface area (Å²) in [5.41, 5.74) is 0.334. The first kappa shape index (κ1) is 12.8. The van der Waals surface area contributed by atoms with Crippen molar-refractivity contribution < 1.29 is 13.2 Å². The van der Waals surface area contributed by atoms with Gasteiger partial charge in [-0.25, -0.2) is 0 Å². The number of anilines is 1. The summed E-state index contributed by atoms with van der Waals surface area (Å²) in [7, 11) is 0. The molecule has 1 heterocycles. The van der Waals surface area contributed by atoms with Crippen LogP contribution in [0.1, 0.15) is 24.8 Å². The minimum Gasteiger partial charge on any atom is -0.366 e. The Labute approximate surface area is 110 Å². The minimum absolute atomic E-state index is 0.436. The molecule has 1 saturated carbocycles. The van der Waals surface area contributed by atoms with E-state index in [1.54, 1.807) is 12.1 Å². The van der Waals surface area contributed by atoms with Crippen molar-refractivity contribution >= 4 is 5.69 Å².